The molecule has 0 fully saturated rings. The summed E-state index contributed by atoms with van der Waals surface area (Å²) < 4.78 is 96.4. The van der Waals surface area contributed by atoms with Gasteiger partial charge in [0.05, 0.1) is 0 Å². The average molecular weight is 373 g/mol. The second-order valence-electron chi connectivity index (χ2n) is 5.14. The van der Waals surface area contributed by atoms with Crippen LogP contribution in [0.2, 0.25) is 0 Å². The summed E-state index contributed by atoms with van der Waals surface area (Å²) in [6, 6.07) is -1.17. The van der Waals surface area contributed by atoms with E-state index in [1.807, 2.05) is 0 Å². The van der Waals surface area contributed by atoms with Gasteiger partial charge >= 0.3 is 20.1 Å². The van der Waals surface area contributed by atoms with Gasteiger partial charge in [-0.3, -0.25) is 9.05 Å². The molecule has 23 heavy (non-hydrogen) atoms. The Kier molecular flexibility index (Phi) is 8.57. The molecular formula is C12H22F6NO3P. The SMILES string of the molecule is CCC(C)N(C(C)CC)P(=O)(OCC(F)(F)F)OCC(F)(F)F. The Morgan fingerprint density at radius 1 is 0.870 bits per heavy atom. The standard InChI is InChI=1S/C12H22F6NO3P/c1-5-9(3)19(10(4)6-2)23(20,21-7-11(13,14)15)22-8-12(16,17)18/h9-10H,5-8H2,1-4H3. The second kappa shape index (κ2) is 8.69. The molecule has 0 bridgehead atoms. The summed E-state index contributed by atoms with van der Waals surface area (Å²) in [6.07, 6.45) is -8.99. The van der Waals surface area contributed by atoms with E-state index in [-0.39, 0.29) is 0 Å². The Morgan fingerprint density at radius 2 is 1.17 bits per heavy atom. The number of alkyl halides is 6. The van der Waals surface area contributed by atoms with Crippen molar-refractivity contribution >= 4 is 7.75 Å². The van der Waals surface area contributed by atoms with Crippen molar-refractivity contribution in [3.8, 4) is 0 Å². The van der Waals surface area contributed by atoms with E-state index in [9.17, 15) is 30.9 Å². The van der Waals surface area contributed by atoms with E-state index >= 15 is 0 Å². The third-order valence-electron chi connectivity index (χ3n) is 3.15. The minimum absolute atomic E-state index is 0.346. The first-order chi connectivity index (χ1) is 10.3. The van der Waals surface area contributed by atoms with Gasteiger partial charge in [-0.25, -0.2) is 9.24 Å². The zero-order valence-electron chi connectivity index (χ0n) is 13.4. The second-order valence-corrected chi connectivity index (χ2v) is 7.06. The van der Waals surface area contributed by atoms with Crippen molar-refractivity contribution in [3.05, 3.63) is 0 Å². The molecule has 0 N–H and O–H groups in total. The van der Waals surface area contributed by atoms with E-state index < -0.39 is 45.4 Å². The largest absolute Gasteiger partial charge is 0.412 e. The van der Waals surface area contributed by atoms with Gasteiger partial charge in [-0.2, -0.15) is 26.3 Å². The van der Waals surface area contributed by atoms with Gasteiger partial charge in [0.15, 0.2) is 13.2 Å². The van der Waals surface area contributed by atoms with E-state index in [1.54, 1.807) is 13.8 Å². The van der Waals surface area contributed by atoms with Crippen LogP contribution >= 0.6 is 7.75 Å². The number of hydrogen-bond acceptors (Lipinski definition) is 3. The van der Waals surface area contributed by atoms with Crippen LogP contribution in [0.4, 0.5) is 26.3 Å². The minimum Gasteiger partial charge on any atom is -0.287 e. The monoisotopic (exact) mass is 373 g/mol. The Bertz CT molecular complexity index is 369. The highest BCUT2D eigenvalue weighted by atomic mass is 31.2. The lowest BCUT2D eigenvalue weighted by Gasteiger charge is -2.38. The van der Waals surface area contributed by atoms with Crippen LogP contribution in [-0.2, 0) is 13.6 Å². The molecule has 0 saturated carbocycles. The van der Waals surface area contributed by atoms with Gasteiger partial charge in [0.2, 0.25) is 0 Å². The fraction of sp³-hybridized carbons (Fsp3) is 1.00. The molecule has 0 spiro atoms. The Morgan fingerprint density at radius 3 is 1.39 bits per heavy atom. The van der Waals surface area contributed by atoms with Crippen molar-refractivity contribution in [1.29, 1.82) is 0 Å². The van der Waals surface area contributed by atoms with Crippen LogP contribution < -0.4 is 0 Å². The summed E-state index contributed by atoms with van der Waals surface area (Å²) in [6.45, 7) is 2.49. The van der Waals surface area contributed by atoms with Crippen LogP contribution in [0.3, 0.4) is 0 Å². The molecule has 0 aromatic rings. The molecule has 0 amide bonds. The van der Waals surface area contributed by atoms with Crippen LogP contribution in [0.1, 0.15) is 40.5 Å². The van der Waals surface area contributed by atoms with E-state index in [1.165, 1.54) is 13.8 Å². The predicted molar refractivity (Wildman–Crippen MR) is 73.0 cm³/mol. The van der Waals surface area contributed by atoms with Gasteiger partial charge in [0, 0.05) is 12.1 Å². The molecule has 0 rings (SSSR count). The summed E-state index contributed by atoms with van der Waals surface area (Å²) in [5.41, 5.74) is 0. The predicted octanol–water partition coefficient (Wildman–Crippen LogP) is 5.15. The number of halogens is 6. The maximum Gasteiger partial charge on any atom is 0.412 e. The smallest absolute Gasteiger partial charge is 0.287 e. The van der Waals surface area contributed by atoms with Crippen molar-refractivity contribution in [1.82, 2.24) is 4.67 Å². The van der Waals surface area contributed by atoms with Gasteiger partial charge in [-0.05, 0) is 26.7 Å². The maximum absolute atomic E-state index is 12.7. The first-order valence-electron chi connectivity index (χ1n) is 7.07. The molecule has 0 heterocycles. The lowest BCUT2D eigenvalue weighted by molar-refractivity contribution is -0.168. The Hall–Kier alpha value is -0.310. The van der Waals surface area contributed by atoms with Crippen LogP contribution in [0, 0.1) is 0 Å². The van der Waals surface area contributed by atoms with Crippen molar-refractivity contribution in [3.63, 3.8) is 0 Å². The molecule has 2 unspecified atom stereocenters. The molecule has 0 aliphatic rings. The van der Waals surface area contributed by atoms with Gasteiger partial charge in [-0.1, -0.05) is 13.8 Å². The summed E-state index contributed by atoms with van der Waals surface area (Å²) in [4.78, 5) is 0. The summed E-state index contributed by atoms with van der Waals surface area (Å²) in [5.74, 6) is 0. The highest BCUT2D eigenvalue weighted by molar-refractivity contribution is 7.51. The van der Waals surface area contributed by atoms with Gasteiger partial charge in [-0.15, -0.1) is 0 Å². The molecule has 140 valence electrons. The fourth-order valence-corrected chi connectivity index (χ4v) is 4.02. The molecule has 11 heteroatoms. The van der Waals surface area contributed by atoms with Gasteiger partial charge < -0.3 is 0 Å². The van der Waals surface area contributed by atoms with E-state index in [2.05, 4.69) is 9.05 Å². The van der Waals surface area contributed by atoms with Crippen molar-refractivity contribution in [2.75, 3.05) is 13.2 Å². The molecular weight excluding hydrogens is 351 g/mol. The number of hydrogen-bond donors (Lipinski definition) is 0. The molecule has 4 nitrogen and oxygen atoms in total. The van der Waals surface area contributed by atoms with Gasteiger partial charge in [0.25, 0.3) is 0 Å². The topological polar surface area (TPSA) is 38.8 Å². The van der Waals surface area contributed by atoms with Crippen molar-refractivity contribution in [2.24, 2.45) is 0 Å². The van der Waals surface area contributed by atoms with Crippen LogP contribution in [0.25, 0.3) is 0 Å². The highest BCUT2D eigenvalue weighted by Crippen LogP contribution is 2.56. The molecule has 0 aromatic heterocycles. The molecule has 0 aliphatic carbocycles. The van der Waals surface area contributed by atoms with Crippen LogP contribution in [-0.4, -0.2) is 42.3 Å². The third kappa shape index (κ3) is 8.37. The quantitative estimate of drug-likeness (QED) is 0.414. The average Bonchev–Trinajstić information content (AvgIpc) is 2.41. The fourth-order valence-electron chi connectivity index (χ4n) is 1.77. The number of rotatable bonds is 9. The van der Waals surface area contributed by atoms with Crippen molar-refractivity contribution in [2.45, 2.75) is 65.0 Å². The summed E-state index contributed by atoms with van der Waals surface area (Å²) >= 11 is 0. The van der Waals surface area contributed by atoms with Crippen LogP contribution in [0.5, 0.6) is 0 Å². The molecule has 0 aromatic carbocycles. The van der Waals surface area contributed by atoms with E-state index in [0.717, 1.165) is 4.67 Å². The molecule has 2 atom stereocenters. The molecule has 0 saturated heterocycles. The van der Waals surface area contributed by atoms with E-state index in [4.69, 9.17) is 0 Å². The zero-order valence-corrected chi connectivity index (χ0v) is 14.3. The number of nitrogens with zero attached hydrogens (tertiary/aromatic N) is 1. The molecule has 0 radical (unpaired) electrons. The lowest BCUT2D eigenvalue weighted by atomic mass is 10.2. The third-order valence-corrected chi connectivity index (χ3v) is 5.42. The van der Waals surface area contributed by atoms with Gasteiger partial charge in [0.1, 0.15) is 0 Å². The normalized spacial score (nSPS) is 16.7. The first kappa shape index (κ1) is 22.7. The van der Waals surface area contributed by atoms with Crippen molar-refractivity contribution < 1.29 is 40.0 Å². The van der Waals surface area contributed by atoms with E-state index in [0.29, 0.717) is 12.8 Å². The van der Waals surface area contributed by atoms with Crippen LogP contribution in [0.15, 0.2) is 0 Å². The molecule has 0 aliphatic heterocycles. The lowest BCUT2D eigenvalue weighted by Crippen LogP contribution is -2.39. The first-order valence-corrected chi connectivity index (χ1v) is 8.56. The summed E-state index contributed by atoms with van der Waals surface area (Å²) in [7, 11) is -4.77. The zero-order chi connectivity index (χ0) is 18.5. The summed E-state index contributed by atoms with van der Waals surface area (Å²) in [5, 5.41) is 0. The Balaban J connectivity index is 5.53. The highest BCUT2D eigenvalue weighted by Gasteiger charge is 2.45. The minimum atomic E-state index is -4.84. The Labute approximate surface area is 131 Å². The maximum atomic E-state index is 12.7.